The van der Waals surface area contributed by atoms with Crippen LogP contribution in [0.3, 0.4) is 0 Å². The monoisotopic (exact) mass is 391 g/mol. The van der Waals surface area contributed by atoms with E-state index in [4.69, 9.17) is 4.99 Å². The lowest BCUT2D eigenvalue weighted by Gasteiger charge is -2.21. The molecule has 8 nitrogen and oxygen atoms in total. The summed E-state index contributed by atoms with van der Waals surface area (Å²) in [5.41, 5.74) is 0.0391. The molecule has 0 radical (unpaired) electrons. The number of hydrogen-bond acceptors (Lipinski definition) is 4. The van der Waals surface area contributed by atoms with Crippen molar-refractivity contribution in [1.82, 2.24) is 29.9 Å². The van der Waals surface area contributed by atoms with Gasteiger partial charge in [-0.1, -0.05) is 6.92 Å². The molecule has 8 heteroatoms. The normalized spacial score (nSPS) is 23.2. The smallest absolute Gasteiger partial charge is 0.345 e. The van der Waals surface area contributed by atoms with Crippen molar-refractivity contribution in [3.05, 3.63) is 16.3 Å². The average molecular weight is 392 g/mol. The maximum atomic E-state index is 12.4. The lowest BCUT2D eigenvalue weighted by molar-refractivity contribution is 0.265. The summed E-state index contributed by atoms with van der Waals surface area (Å²) in [5, 5.41) is 11.5. The fraction of sp³-hybridized carbons (Fsp3) is 0.850. The van der Waals surface area contributed by atoms with Gasteiger partial charge in [0.05, 0.1) is 0 Å². The standard InChI is InChI=1S/C20H37N7O/c1-5-21-19(23-17-14-25(15(2)3)13-16(17)4)22-10-8-12-27-20(28)26-11-7-6-9-18(26)24-27/h15-17H,5-14H2,1-4H3,(H2,21,22,23). The molecule has 2 aliphatic heterocycles. The molecule has 2 N–H and O–H groups in total. The minimum absolute atomic E-state index is 0.0391. The Balaban J connectivity index is 1.52. The summed E-state index contributed by atoms with van der Waals surface area (Å²) in [4.78, 5) is 19.6. The van der Waals surface area contributed by atoms with Gasteiger partial charge in [0.2, 0.25) is 0 Å². The predicted octanol–water partition coefficient (Wildman–Crippen LogP) is 1.06. The molecule has 1 fully saturated rings. The molecule has 1 saturated heterocycles. The molecular formula is C20H37N7O. The minimum atomic E-state index is 0.0391. The van der Waals surface area contributed by atoms with E-state index in [1.807, 2.05) is 4.57 Å². The number of nitrogens with zero attached hydrogens (tertiary/aromatic N) is 5. The van der Waals surface area contributed by atoms with Gasteiger partial charge in [0, 0.05) is 57.8 Å². The van der Waals surface area contributed by atoms with Gasteiger partial charge in [-0.15, -0.1) is 0 Å². The fourth-order valence-electron chi connectivity index (χ4n) is 4.11. The van der Waals surface area contributed by atoms with Gasteiger partial charge >= 0.3 is 5.69 Å². The summed E-state index contributed by atoms with van der Waals surface area (Å²) in [7, 11) is 0. The second kappa shape index (κ2) is 9.58. The van der Waals surface area contributed by atoms with Crippen molar-refractivity contribution in [2.75, 3.05) is 26.2 Å². The van der Waals surface area contributed by atoms with Crippen molar-refractivity contribution >= 4 is 5.96 Å². The molecule has 0 aliphatic carbocycles. The first kappa shape index (κ1) is 20.9. The molecule has 0 bridgehead atoms. The van der Waals surface area contributed by atoms with Crippen LogP contribution in [-0.4, -0.2) is 63.5 Å². The molecule has 2 unspecified atom stereocenters. The Labute approximate surface area is 168 Å². The summed E-state index contributed by atoms with van der Waals surface area (Å²) in [5.74, 6) is 2.42. The Morgan fingerprint density at radius 1 is 1.32 bits per heavy atom. The summed E-state index contributed by atoms with van der Waals surface area (Å²) in [6.45, 7) is 14.0. The molecule has 2 aliphatic rings. The van der Waals surface area contributed by atoms with Crippen LogP contribution < -0.4 is 16.3 Å². The van der Waals surface area contributed by atoms with Crippen molar-refractivity contribution in [2.45, 2.75) is 78.6 Å². The highest BCUT2D eigenvalue weighted by Gasteiger charge is 2.31. The summed E-state index contributed by atoms with van der Waals surface area (Å²) in [6.07, 6.45) is 3.94. The number of hydrogen-bond donors (Lipinski definition) is 2. The van der Waals surface area contributed by atoms with E-state index in [0.29, 0.717) is 31.1 Å². The molecule has 0 amide bonds. The zero-order valence-corrected chi connectivity index (χ0v) is 17.9. The third-order valence-electron chi connectivity index (χ3n) is 5.87. The molecule has 0 spiro atoms. The maximum absolute atomic E-state index is 12.4. The van der Waals surface area contributed by atoms with Crippen molar-refractivity contribution in [2.24, 2.45) is 10.9 Å². The van der Waals surface area contributed by atoms with Crippen LogP contribution in [0.25, 0.3) is 0 Å². The number of aliphatic imine (C=N–C) groups is 1. The average Bonchev–Trinajstić information content (AvgIpc) is 3.20. The van der Waals surface area contributed by atoms with Crippen molar-refractivity contribution in [1.29, 1.82) is 0 Å². The van der Waals surface area contributed by atoms with Crippen LogP contribution in [0.1, 0.15) is 52.8 Å². The summed E-state index contributed by atoms with van der Waals surface area (Å²) < 4.78 is 3.45. The van der Waals surface area contributed by atoms with Crippen LogP contribution in [0.2, 0.25) is 0 Å². The predicted molar refractivity (Wildman–Crippen MR) is 113 cm³/mol. The highest BCUT2D eigenvalue weighted by molar-refractivity contribution is 5.80. The van der Waals surface area contributed by atoms with Crippen LogP contribution in [0.15, 0.2) is 9.79 Å². The van der Waals surface area contributed by atoms with Crippen molar-refractivity contribution in [3.63, 3.8) is 0 Å². The molecule has 1 aromatic rings. The third-order valence-corrected chi connectivity index (χ3v) is 5.87. The first-order valence-electron chi connectivity index (χ1n) is 10.9. The van der Waals surface area contributed by atoms with E-state index in [9.17, 15) is 4.79 Å². The molecule has 158 valence electrons. The van der Waals surface area contributed by atoms with Gasteiger partial charge in [0.1, 0.15) is 5.82 Å². The van der Waals surface area contributed by atoms with Crippen LogP contribution in [-0.2, 0) is 19.5 Å². The minimum Gasteiger partial charge on any atom is -0.357 e. The van der Waals surface area contributed by atoms with E-state index >= 15 is 0 Å². The number of likely N-dealkylation sites (tertiary alicyclic amines) is 1. The van der Waals surface area contributed by atoms with E-state index in [2.05, 4.69) is 48.3 Å². The SMILES string of the molecule is CCNC(=NCCCn1nc2n(c1=O)CCCC2)NC1CN(C(C)C)CC1C. The molecule has 2 atom stereocenters. The first-order valence-corrected chi connectivity index (χ1v) is 10.9. The molecule has 28 heavy (non-hydrogen) atoms. The van der Waals surface area contributed by atoms with E-state index in [1.54, 1.807) is 4.68 Å². The van der Waals surface area contributed by atoms with E-state index < -0.39 is 0 Å². The van der Waals surface area contributed by atoms with Gasteiger partial charge < -0.3 is 10.6 Å². The van der Waals surface area contributed by atoms with Gasteiger partial charge in [-0.05, 0) is 46.0 Å². The highest BCUT2D eigenvalue weighted by atomic mass is 16.2. The van der Waals surface area contributed by atoms with Gasteiger partial charge in [-0.3, -0.25) is 14.5 Å². The molecule has 1 aromatic heterocycles. The lowest BCUT2D eigenvalue weighted by atomic mass is 10.1. The number of nitrogens with one attached hydrogen (secondary N) is 2. The quantitative estimate of drug-likeness (QED) is 0.413. The van der Waals surface area contributed by atoms with E-state index in [1.165, 1.54) is 0 Å². The van der Waals surface area contributed by atoms with E-state index in [0.717, 1.165) is 63.6 Å². The number of aromatic nitrogens is 3. The van der Waals surface area contributed by atoms with Crippen LogP contribution in [0, 0.1) is 5.92 Å². The van der Waals surface area contributed by atoms with E-state index in [-0.39, 0.29) is 5.69 Å². The maximum Gasteiger partial charge on any atom is 0.345 e. The number of aryl methyl sites for hydroxylation is 2. The summed E-state index contributed by atoms with van der Waals surface area (Å²) >= 11 is 0. The van der Waals surface area contributed by atoms with Gasteiger partial charge in [-0.2, -0.15) is 5.10 Å². The lowest BCUT2D eigenvalue weighted by Crippen LogP contribution is -2.46. The fourth-order valence-corrected chi connectivity index (χ4v) is 4.11. The Morgan fingerprint density at radius 2 is 2.14 bits per heavy atom. The van der Waals surface area contributed by atoms with Crippen LogP contribution in [0.5, 0.6) is 0 Å². The van der Waals surface area contributed by atoms with Crippen LogP contribution >= 0.6 is 0 Å². The Bertz CT molecular complexity index is 721. The van der Waals surface area contributed by atoms with Gasteiger partial charge in [0.15, 0.2) is 5.96 Å². The topological polar surface area (TPSA) is 79.5 Å². The molecule has 0 aromatic carbocycles. The third kappa shape index (κ3) is 4.96. The first-order chi connectivity index (χ1) is 13.5. The zero-order chi connectivity index (χ0) is 20.1. The molecule has 0 saturated carbocycles. The number of fused-ring (bicyclic) bond motifs is 1. The Kier molecular flexibility index (Phi) is 7.15. The van der Waals surface area contributed by atoms with Crippen molar-refractivity contribution < 1.29 is 0 Å². The summed E-state index contributed by atoms with van der Waals surface area (Å²) in [6, 6.07) is 0.996. The largest absolute Gasteiger partial charge is 0.357 e. The van der Waals surface area contributed by atoms with Gasteiger partial charge in [-0.25, -0.2) is 9.48 Å². The van der Waals surface area contributed by atoms with Gasteiger partial charge in [0.25, 0.3) is 0 Å². The second-order valence-corrected chi connectivity index (χ2v) is 8.42. The second-order valence-electron chi connectivity index (χ2n) is 8.42. The molecular weight excluding hydrogens is 354 g/mol. The Hall–Kier alpha value is -1.83. The Morgan fingerprint density at radius 3 is 2.82 bits per heavy atom. The molecule has 3 rings (SSSR count). The van der Waals surface area contributed by atoms with Crippen molar-refractivity contribution in [3.8, 4) is 0 Å². The zero-order valence-electron chi connectivity index (χ0n) is 17.9. The highest BCUT2D eigenvalue weighted by Crippen LogP contribution is 2.18. The number of guanidine groups is 1. The van der Waals surface area contributed by atoms with Crippen LogP contribution in [0.4, 0.5) is 0 Å². The molecule has 3 heterocycles. The number of rotatable bonds is 7.